The minimum absolute atomic E-state index is 0.0816. The third-order valence-corrected chi connectivity index (χ3v) is 3.26. The van der Waals surface area contributed by atoms with E-state index in [1.165, 1.54) is 0 Å². The molecule has 0 fully saturated rings. The predicted molar refractivity (Wildman–Crippen MR) is 70.6 cm³/mol. The van der Waals surface area contributed by atoms with E-state index in [1.807, 2.05) is 6.92 Å². The second kappa shape index (κ2) is 6.17. The molecule has 1 unspecified atom stereocenters. The van der Waals surface area contributed by atoms with Crippen LogP contribution in [-0.4, -0.2) is 25.0 Å². The fourth-order valence-electron chi connectivity index (χ4n) is 2.06. The highest BCUT2D eigenvalue weighted by Gasteiger charge is 2.30. The van der Waals surface area contributed by atoms with Crippen LogP contribution in [0.2, 0.25) is 5.02 Å². The van der Waals surface area contributed by atoms with Gasteiger partial charge < -0.3 is 9.47 Å². The van der Waals surface area contributed by atoms with Gasteiger partial charge in [-0.25, -0.2) is 0 Å². The molecule has 102 valence electrons. The molecule has 5 heteroatoms. The van der Waals surface area contributed by atoms with Crippen LogP contribution in [0.5, 0.6) is 5.75 Å². The number of halogens is 1. The second-order valence-electron chi connectivity index (χ2n) is 4.37. The van der Waals surface area contributed by atoms with Gasteiger partial charge in [-0.05, 0) is 31.5 Å². The molecular weight excluding hydrogens is 268 g/mol. The highest BCUT2D eigenvalue weighted by Crippen LogP contribution is 2.31. The molecule has 19 heavy (non-hydrogen) atoms. The Kier molecular flexibility index (Phi) is 4.56. The van der Waals surface area contributed by atoms with E-state index in [-0.39, 0.29) is 12.2 Å². The molecule has 0 N–H and O–H groups in total. The molecule has 1 aliphatic heterocycles. The summed E-state index contributed by atoms with van der Waals surface area (Å²) >= 11 is 5.89. The summed E-state index contributed by atoms with van der Waals surface area (Å²) in [6, 6.07) is 4.70. The molecule has 1 aliphatic rings. The Labute approximate surface area is 116 Å². The third kappa shape index (κ3) is 3.33. The smallest absolute Gasteiger partial charge is 0.311 e. The first kappa shape index (κ1) is 14.0. The van der Waals surface area contributed by atoms with Crippen LogP contribution in [0.4, 0.5) is 0 Å². The number of hydrogen-bond acceptors (Lipinski definition) is 4. The van der Waals surface area contributed by atoms with Crippen LogP contribution in [0, 0.1) is 5.92 Å². The average molecular weight is 283 g/mol. The van der Waals surface area contributed by atoms with E-state index in [0.717, 1.165) is 0 Å². The fraction of sp³-hybridized carbons (Fsp3) is 0.429. The van der Waals surface area contributed by atoms with E-state index < -0.39 is 11.9 Å². The van der Waals surface area contributed by atoms with Crippen molar-refractivity contribution in [1.82, 2.24) is 0 Å². The maximum Gasteiger partial charge on any atom is 0.311 e. The van der Waals surface area contributed by atoms with Crippen molar-refractivity contribution in [3.8, 4) is 5.75 Å². The summed E-state index contributed by atoms with van der Waals surface area (Å²) in [7, 11) is 0. The summed E-state index contributed by atoms with van der Waals surface area (Å²) in [6.07, 6.45) is 0.589. The summed E-state index contributed by atoms with van der Waals surface area (Å²) in [5, 5.41) is 0.452. The van der Waals surface area contributed by atoms with E-state index in [0.29, 0.717) is 36.0 Å². The lowest BCUT2D eigenvalue weighted by Gasteiger charge is -2.11. The molecule has 0 saturated heterocycles. The highest BCUT2D eigenvalue weighted by atomic mass is 35.5. The summed E-state index contributed by atoms with van der Waals surface area (Å²) in [5.74, 6) is -0.615. The van der Waals surface area contributed by atoms with Gasteiger partial charge in [-0.2, -0.15) is 0 Å². The van der Waals surface area contributed by atoms with Crippen LogP contribution in [0.25, 0.3) is 0 Å². The van der Waals surface area contributed by atoms with Crippen LogP contribution in [0.15, 0.2) is 18.2 Å². The maximum absolute atomic E-state index is 12.4. The Morgan fingerprint density at radius 1 is 1.42 bits per heavy atom. The SMILES string of the molecule is CCOCCC1CC(=O)Oc2ccc(Cl)cc2C1=O. The highest BCUT2D eigenvalue weighted by molar-refractivity contribution is 6.31. The zero-order valence-electron chi connectivity index (χ0n) is 10.6. The van der Waals surface area contributed by atoms with Gasteiger partial charge in [-0.3, -0.25) is 9.59 Å². The molecule has 4 nitrogen and oxygen atoms in total. The van der Waals surface area contributed by atoms with Crippen LogP contribution in [0.3, 0.4) is 0 Å². The van der Waals surface area contributed by atoms with Gasteiger partial charge >= 0.3 is 5.97 Å². The molecule has 2 rings (SSSR count). The zero-order chi connectivity index (χ0) is 13.8. The molecule has 1 aromatic carbocycles. The molecule has 0 aromatic heterocycles. The minimum atomic E-state index is -0.404. The number of carbonyl (C=O) groups excluding carboxylic acids is 2. The molecule has 0 bridgehead atoms. The first-order chi connectivity index (χ1) is 9.11. The first-order valence-electron chi connectivity index (χ1n) is 6.24. The monoisotopic (exact) mass is 282 g/mol. The molecule has 1 atom stereocenters. The number of rotatable bonds is 4. The lowest BCUT2D eigenvalue weighted by atomic mass is 9.92. The van der Waals surface area contributed by atoms with E-state index in [1.54, 1.807) is 18.2 Å². The lowest BCUT2D eigenvalue weighted by Crippen LogP contribution is -2.19. The number of fused-ring (bicyclic) bond motifs is 1. The maximum atomic E-state index is 12.4. The van der Waals surface area contributed by atoms with Crippen molar-refractivity contribution in [2.24, 2.45) is 5.92 Å². The van der Waals surface area contributed by atoms with Crippen LogP contribution < -0.4 is 4.74 Å². The molecule has 0 saturated carbocycles. The van der Waals surface area contributed by atoms with Crippen molar-refractivity contribution in [3.05, 3.63) is 28.8 Å². The normalized spacial score (nSPS) is 18.7. The van der Waals surface area contributed by atoms with E-state index in [2.05, 4.69) is 0 Å². The first-order valence-corrected chi connectivity index (χ1v) is 6.61. The number of ether oxygens (including phenoxy) is 2. The Morgan fingerprint density at radius 3 is 2.95 bits per heavy atom. The zero-order valence-corrected chi connectivity index (χ0v) is 11.4. The molecule has 0 aliphatic carbocycles. The summed E-state index contributed by atoms with van der Waals surface area (Å²) in [6.45, 7) is 2.93. The third-order valence-electron chi connectivity index (χ3n) is 3.03. The predicted octanol–water partition coefficient (Wildman–Crippen LogP) is 2.87. The Morgan fingerprint density at radius 2 is 2.21 bits per heavy atom. The van der Waals surface area contributed by atoms with Gasteiger partial charge in [-0.1, -0.05) is 11.6 Å². The van der Waals surface area contributed by atoms with E-state index in [4.69, 9.17) is 21.1 Å². The average Bonchev–Trinajstić information content (AvgIpc) is 2.49. The lowest BCUT2D eigenvalue weighted by molar-refractivity contribution is -0.134. The summed E-state index contributed by atoms with van der Waals surface area (Å²) in [4.78, 5) is 24.1. The van der Waals surface area contributed by atoms with Crippen molar-refractivity contribution in [2.45, 2.75) is 19.8 Å². The van der Waals surface area contributed by atoms with Gasteiger partial charge in [0.05, 0.1) is 12.0 Å². The van der Waals surface area contributed by atoms with Crippen molar-refractivity contribution in [1.29, 1.82) is 0 Å². The van der Waals surface area contributed by atoms with Gasteiger partial charge in [0.15, 0.2) is 5.78 Å². The van der Waals surface area contributed by atoms with Gasteiger partial charge in [0, 0.05) is 24.2 Å². The van der Waals surface area contributed by atoms with Gasteiger partial charge in [0.2, 0.25) is 0 Å². The fourth-order valence-corrected chi connectivity index (χ4v) is 2.24. The molecular formula is C14H15ClO4. The standard InChI is InChI=1S/C14H15ClO4/c1-2-18-6-5-9-7-13(16)19-12-4-3-10(15)8-11(12)14(9)17/h3-4,8-9H,2,5-7H2,1H3. The van der Waals surface area contributed by atoms with Crippen molar-refractivity contribution >= 4 is 23.4 Å². The van der Waals surface area contributed by atoms with Crippen molar-refractivity contribution in [2.75, 3.05) is 13.2 Å². The number of esters is 1. The Bertz CT molecular complexity index is 498. The number of hydrogen-bond donors (Lipinski definition) is 0. The largest absolute Gasteiger partial charge is 0.426 e. The number of carbonyl (C=O) groups is 2. The molecule has 0 radical (unpaired) electrons. The summed E-state index contributed by atoms with van der Waals surface area (Å²) in [5.41, 5.74) is 0.375. The molecule has 0 spiro atoms. The Hall–Kier alpha value is -1.39. The quantitative estimate of drug-likeness (QED) is 0.484. The molecule has 1 aromatic rings. The van der Waals surface area contributed by atoms with Crippen molar-refractivity contribution < 1.29 is 19.1 Å². The van der Waals surface area contributed by atoms with E-state index >= 15 is 0 Å². The van der Waals surface area contributed by atoms with Gasteiger partial charge in [0.1, 0.15) is 5.75 Å². The van der Waals surface area contributed by atoms with Crippen molar-refractivity contribution in [3.63, 3.8) is 0 Å². The molecule has 0 amide bonds. The van der Waals surface area contributed by atoms with Crippen LogP contribution >= 0.6 is 11.6 Å². The number of ketones is 1. The second-order valence-corrected chi connectivity index (χ2v) is 4.80. The molecule has 1 heterocycles. The number of benzene rings is 1. The number of Topliss-reactive ketones (excluding diaryl/α,β-unsaturated/α-hetero) is 1. The Balaban J connectivity index is 2.24. The van der Waals surface area contributed by atoms with Gasteiger partial charge in [-0.15, -0.1) is 0 Å². The van der Waals surface area contributed by atoms with Crippen LogP contribution in [-0.2, 0) is 9.53 Å². The summed E-state index contributed by atoms with van der Waals surface area (Å²) < 4.78 is 10.4. The van der Waals surface area contributed by atoms with E-state index in [9.17, 15) is 9.59 Å². The topological polar surface area (TPSA) is 52.6 Å². The minimum Gasteiger partial charge on any atom is -0.426 e. The van der Waals surface area contributed by atoms with Gasteiger partial charge in [0.25, 0.3) is 0 Å². The van der Waals surface area contributed by atoms with Crippen LogP contribution in [0.1, 0.15) is 30.1 Å².